The standard InChI is InChI=1S/C13H18N2O4S/c1-9-5-6-11(8-14-9)20(18,19)15-7-3-4-12(10(15)2)13(16)17/h5-6,8,10,12H,3-4,7H2,1-2H3,(H,16,17)/t10-,12-/m1/s1. The Bertz CT molecular complexity index is 597. The molecule has 1 fully saturated rings. The summed E-state index contributed by atoms with van der Waals surface area (Å²) < 4.78 is 26.4. The van der Waals surface area contributed by atoms with Gasteiger partial charge in [0.05, 0.1) is 5.92 Å². The summed E-state index contributed by atoms with van der Waals surface area (Å²) in [5.74, 6) is -1.60. The lowest BCUT2D eigenvalue weighted by Crippen LogP contribution is -2.49. The number of piperidine rings is 1. The van der Waals surface area contributed by atoms with Crippen molar-refractivity contribution in [2.24, 2.45) is 5.92 Å². The summed E-state index contributed by atoms with van der Waals surface area (Å²) in [6.45, 7) is 3.78. The highest BCUT2D eigenvalue weighted by molar-refractivity contribution is 7.89. The molecule has 1 aliphatic heterocycles. The number of carboxylic acids is 1. The molecule has 0 aromatic carbocycles. The van der Waals surface area contributed by atoms with Crippen LogP contribution in [0.2, 0.25) is 0 Å². The number of hydrogen-bond acceptors (Lipinski definition) is 4. The van der Waals surface area contributed by atoms with Crippen LogP contribution in [0.3, 0.4) is 0 Å². The van der Waals surface area contributed by atoms with Crippen molar-refractivity contribution in [3.8, 4) is 0 Å². The largest absolute Gasteiger partial charge is 0.481 e. The number of aromatic nitrogens is 1. The molecule has 1 aliphatic rings. The Balaban J connectivity index is 2.33. The maximum absolute atomic E-state index is 12.6. The maximum atomic E-state index is 12.6. The first-order chi connectivity index (χ1) is 9.34. The van der Waals surface area contributed by atoms with E-state index in [1.807, 2.05) is 0 Å². The van der Waals surface area contributed by atoms with Gasteiger partial charge in [-0.3, -0.25) is 9.78 Å². The average molecular weight is 298 g/mol. The highest BCUT2D eigenvalue weighted by Gasteiger charge is 2.39. The maximum Gasteiger partial charge on any atom is 0.308 e. The van der Waals surface area contributed by atoms with Crippen LogP contribution in [-0.4, -0.2) is 41.4 Å². The van der Waals surface area contributed by atoms with Crippen molar-refractivity contribution >= 4 is 16.0 Å². The van der Waals surface area contributed by atoms with Crippen molar-refractivity contribution < 1.29 is 18.3 Å². The first-order valence-corrected chi connectivity index (χ1v) is 7.95. The van der Waals surface area contributed by atoms with E-state index in [1.54, 1.807) is 19.9 Å². The fourth-order valence-electron chi connectivity index (χ4n) is 2.52. The smallest absolute Gasteiger partial charge is 0.308 e. The summed E-state index contributed by atoms with van der Waals surface area (Å²) in [5.41, 5.74) is 0.735. The molecule has 1 N–H and O–H groups in total. The Morgan fingerprint density at radius 2 is 2.15 bits per heavy atom. The van der Waals surface area contributed by atoms with Crippen LogP contribution in [0.25, 0.3) is 0 Å². The number of aryl methyl sites for hydroxylation is 1. The van der Waals surface area contributed by atoms with Crippen molar-refractivity contribution in [1.82, 2.24) is 9.29 Å². The summed E-state index contributed by atoms with van der Waals surface area (Å²) >= 11 is 0. The molecular weight excluding hydrogens is 280 g/mol. The van der Waals surface area contributed by atoms with Gasteiger partial charge in [-0.2, -0.15) is 4.31 Å². The van der Waals surface area contributed by atoms with Crippen molar-refractivity contribution in [2.45, 2.75) is 37.6 Å². The third-order valence-corrected chi connectivity index (χ3v) is 5.71. The summed E-state index contributed by atoms with van der Waals surface area (Å²) in [6, 6.07) is 2.60. The molecule has 1 saturated heterocycles. The van der Waals surface area contributed by atoms with Crippen molar-refractivity contribution in [3.63, 3.8) is 0 Å². The number of hydrogen-bond donors (Lipinski definition) is 1. The zero-order chi connectivity index (χ0) is 14.9. The lowest BCUT2D eigenvalue weighted by molar-refractivity contribution is -0.144. The van der Waals surface area contributed by atoms with E-state index < -0.39 is 28.0 Å². The van der Waals surface area contributed by atoms with Crippen LogP contribution >= 0.6 is 0 Å². The van der Waals surface area contributed by atoms with Crippen LogP contribution in [0.5, 0.6) is 0 Å². The molecule has 0 amide bonds. The van der Waals surface area contributed by atoms with Crippen molar-refractivity contribution in [2.75, 3.05) is 6.54 Å². The molecule has 20 heavy (non-hydrogen) atoms. The molecule has 2 atom stereocenters. The fraction of sp³-hybridized carbons (Fsp3) is 0.538. The highest BCUT2D eigenvalue weighted by atomic mass is 32.2. The molecule has 7 heteroatoms. The van der Waals surface area contributed by atoms with E-state index in [0.717, 1.165) is 5.69 Å². The van der Waals surface area contributed by atoms with Crippen LogP contribution in [0, 0.1) is 12.8 Å². The van der Waals surface area contributed by atoms with Gasteiger partial charge < -0.3 is 5.11 Å². The normalized spacial score (nSPS) is 24.5. The number of nitrogens with zero attached hydrogens (tertiary/aromatic N) is 2. The Kier molecular flexibility index (Phi) is 4.10. The van der Waals surface area contributed by atoms with E-state index >= 15 is 0 Å². The van der Waals surface area contributed by atoms with E-state index in [2.05, 4.69) is 4.98 Å². The minimum Gasteiger partial charge on any atom is -0.481 e. The Morgan fingerprint density at radius 3 is 2.70 bits per heavy atom. The number of rotatable bonds is 3. The fourth-order valence-corrected chi connectivity index (χ4v) is 4.17. The summed E-state index contributed by atoms with van der Waals surface area (Å²) in [6.07, 6.45) is 2.39. The second-order valence-electron chi connectivity index (χ2n) is 5.08. The molecule has 2 heterocycles. The van der Waals surface area contributed by atoms with E-state index in [1.165, 1.54) is 16.6 Å². The van der Waals surface area contributed by atoms with Crippen molar-refractivity contribution in [1.29, 1.82) is 0 Å². The summed E-state index contributed by atoms with van der Waals surface area (Å²) in [4.78, 5) is 15.3. The topological polar surface area (TPSA) is 87.6 Å². The third-order valence-electron chi connectivity index (χ3n) is 3.74. The SMILES string of the molecule is Cc1ccc(S(=O)(=O)N2CCC[C@@H](C(=O)O)[C@H]2C)cn1. The Hall–Kier alpha value is -1.47. The predicted molar refractivity (Wildman–Crippen MR) is 72.7 cm³/mol. The molecule has 0 spiro atoms. The van der Waals surface area contributed by atoms with Gasteiger partial charge in [0.15, 0.2) is 0 Å². The minimum absolute atomic E-state index is 0.112. The molecule has 1 aromatic rings. The molecule has 0 unspecified atom stereocenters. The number of aliphatic carboxylic acids is 1. The first-order valence-electron chi connectivity index (χ1n) is 6.51. The quantitative estimate of drug-likeness (QED) is 0.907. The highest BCUT2D eigenvalue weighted by Crippen LogP contribution is 2.29. The number of carbonyl (C=O) groups is 1. The average Bonchev–Trinajstić information content (AvgIpc) is 2.38. The van der Waals surface area contributed by atoms with Gasteiger partial charge >= 0.3 is 5.97 Å². The van der Waals surface area contributed by atoms with Gasteiger partial charge in [0, 0.05) is 24.5 Å². The van der Waals surface area contributed by atoms with E-state index in [4.69, 9.17) is 5.11 Å². The molecule has 2 rings (SSSR count). The molecule has 0 saturated carbocycles. The molecule has 0 radical (unpaired) electrons. The van der Waals surface area contributed by atoms with Gasteiger partial charge in [-0.05, 0) is 38.8 Å². The van der Waals surface area contributed by atoms with Gasteiger partial charge in [0.25, 0.3) is 0 Å². The lowest BCUT2D eigenvalue weighted by atomic mass is 9.92. The Morgan fingerprint density at radius 1 is 1.45 bits per heavy atom. The van der Waals surface area contributed by atoms with Gasteiger partial charge in [-0.25, -0.2) is 8.42 Å². The van der Waals surface area contributed by atoms with E-state index in [-0.39, 0.29) is 4.90 Å². The zero-order valence-corrected chi connectivity index (χ0v) is 12.3. The zero-order valence-electron chi connectivity index (χ0n) is 11.5. The Labute approximate surface area is 118 Å². The summed E-state index contributed by atoms with van der Waals surface area (Å²) in [7, 11) is -3.69. The molecule has 0 aliphatic carbocycles. The van der Waals surface area contributed by atoms with Gasteiger partial charge in [-0.15, -0.1) is 0 Å². The second kappa shape index (κ2) is 5.49. The van der Waals surface area contributed by atoms with E-state index in [0.29, 0.717) is 19.4 Å². The van der Waals surface area contributed by atoms with Crippen LogP contribution in [-0.2, 0) is 14.8 Å². The number of sulfonamides is 1. The predicted octanol–water partition coefficient (Wildman–Crippen LogP) is 1.26. The van der Waals surface area contributed by atoms with Gasteiger partial charge in [0.1, 0.15) is 4.90 Å². The monoisotopic (exact) mass is 298 g/mol. The van der Waals surface area contributed by atoms with Crippen LogP contribution in [0.4, 0.5) is 0 Å². The molecular formula is C13H18N2O4S. The third kappa shape index (κ3) is 2.69. The van der Waals surface area contributed by atoms with Gasteiger partial charge in [-0.1, -0.05) is 0 Å². The minimum atomic E-state index is -3.69. The van der Waals surface area contributed by atoms with Crippen LogP contribution in [0.1, 0.15) is 25.5 Å². The lowest BCUT2D eigenvalue weighted by Gasteiger charge is -2.36. The van der Waals surface area contributed by atoms with Crippen LogP contribution in [0.15, 0.2) is 23.2 Å². The molecule has 1 aromatic heterocycles. The number of pyridine rings is 1. The molecule has 6 nitrogen and oxygen atoms in total. The van der Waals surface area contributed by atoms with Gasteiger partial charge in [0.2, 0.25) is 10.0 Å². The van der Waals surface area contributed by atoms with E-state index in [9.17, 15) is 13.2 Å². The number of carboxylic acid groups (broad SMARTS) is 1. The van der Waals surface area contributed by atoms with Crippen LogP contribution < -0.4 is 0 Å². The molecule has 0 bridgehead atoms. The first kappa shape index (κ1) is 14.9. The van der Waals surface area contributed by atoms with Crippen molar-refractivity contribution in [3.05, 3.63) is 24.0 Å². The molecule has 110 valence electrons. The second-order valence-corrected chi connectivity index (χ2v) is 6.97. The summed E-state index contributed by atoms with van der Waals surface area (Å²) in [5, 5.41) is 9.17.